The number of nitrogens with two attached hydrogens (primary N) is 1. The first-order chi connectivity index (χ1) is 11.6. The Balaban J connectivity index is 1.90. The molecule has 1 aliphatic heterocycles. The van der Waals surface area contributed by atoms with Crippen molar-refractivity contribution in [1.82, 2.24) is 14.5 Å². The predicted octanol–water partition coefficient (Wildman–Crippen LogP) is -0.115. The first-order valence-electron chi connectivity index (χ1n) is 7.39. The van der Waals surface area contributed by atoms with Gasteiger partial charge in [-0.3, -0.25) is 0 Å². The standard InChI is InChI=1S/C15H16N4O5/c16-13-10-7(8-2-1-3-23-8)4-19(14(10)18-6-17-13)15-12(22)11(21)9(5-20)24-15/h1-4,6,9,11-12,15,20-22H,5H2,(H2,16,17,18). The number of anilines is 1. The van der Waals surface area contributed by atoms with E-state index in [1.807, 2.05) is 0 Å². The van der Waals surface area contributed by atoms with Crippen LogP contribution in [0.5, 0.6) is 0 Å². The van der Waals surface area contributed by atoms with Crippen molar-refractivity contribution in [3.8, 4) is 11.3 Å². The highest BCUT2D eigenvalue weighted by molar-refractivity contribution is 5.99. The number of nitrogen functional groups attached to an aromatic ring is 1. The monoisotopic (exact) mass is 332 g/mol. The van der Waals surface area contributed by atoms with Crippen molar-refractivity contribution in [2.75, 3.05) is 12.3 Å². The number of rotatable bonds is 3. The summed E-state index contributed by atoms with van der Waals surface area (Å²) in [6.07, 6.45) is 0.287. The van der Waals surface area contributed by atoms with Crippen LogP contribution in [0.1, 0.15) is 6.23 Å². The smallest absolute Gasteiger partial charge is 0.164 e. The Labute approximate surface area is 135 Å². The number of fused-ring (bicyclic) bond motifs is 1. The van der Waals surface area contributed by atoms with Crippen molar-refractivity contribution in [3.63, 3.8) is 0 Å². The first-order valence-corrected chi connectivity index (χ1v) is 7.39. The Hall–Kier alpha value is -2.46. The molecule has 4 atom stereocenters. The predicted molar refractivity (Wildman–Crippen MR) is 82.7 cm³/mol. The fraction of sp³-hybridized carbons (Fsp3) is 0.333. The molecular formula is C15H16N4O5. The number of hydrogen-bond donors (Lipinski definition) is 4. The third-order valence-corrected chi connectivity index (χ3v) is 4.22. The summed E-state index contributed by atoms with van der Waals surface area (Å²) in [4.78, 5) is 8.22. The molecule has 9 heteroatoms. The van der Waals surface area contributed by atoms with Gasteiger partial charge in [-0.15, -0.1) is 0 Å². The van der Waals surface area contributed by atoms with E-state index < -0.39 is 31.1 Å². The molecule has 1 fully saturated rings. The van der Waals surface area contributed by atoms with E-state index >= 15 is 0 Å². The molecule has 0 spiro atoms. The van der Waals surface area contributed by atoms with E-state index in [9.17, 15) is 15.3 Å². The van der Waals surface area contributed by atoms with Crippen LogP contribution in [0.4, 0.5) is 5.82 Å². The van der Waals surface area contributed by atoms with Gasteiger partial charge in [0, 0.05) is 11.8 Å². The Bertz CT molecular complexity index is 862. The van der Waals surface area contributed by atoms with Crippen LogP contribution in [0.2, 0.25) is 0 Å². The van der Waals surface area contributed by atoms with Gasteiger partial charge in [0.1, 0.15) is 41.9 Å². The average molecular weight is 332 g/mol. The van der Waals surface area contributed by atoms with Crippen LogP contribution in [0.3, 0.4) is 0 Å². The Morgan fingerprint density at radius 3 is 2.75 bits per heavy atom. The molecule has 4 rings (SSSR count). The Kier molecular flexibility index (Phi) is 3.50. The molecule has 4 unspecified atom stereocenters. The SMILES string of the molecule is Nc1ncnc2c1c(-c1ccco1)cn2C1OC(CO)C(O)C1O. The molecule has 3 aromatic rings. The Morgan fingerprint density at radius 2 is 2.08 bits per heavy atom. The molecule has 0 aromatic carbocycles. The molecule has 3 aromatic heterocycles. The highest BCUT2D eigenvalue weighted by Crippen LogP contribution is 2.38. The van der Waals surface area contributed by atoms with E-state index in [-0.39, 0.29) is 5.82 Å². The summed E-state index contributed by atoms with van der Waals surface area (Å²) in [5.74, 6) is 0.823. The van der Waals surface area contributed by atoms with E-state index in [2.05, 4.69) is 9.97 Å². The molecule has 0 aliphatic carbocycles. The van der Waals surface area contributed by atoms with Gasteiger partial charge >= 0.3 is 0 Å². The largest absolute Gasteiger partial charge is 0.464 e. The lowest BCUT2D eigenvalue weighted by atomic mass is 10.1. The number of nitrogens with zero attached hydrogens (tertiary/aromatic N) is 3. The van der Waals surface area contributed by atoms with Gasteiger partial charge in [0.15, 0.2) is 6.23 Å². The molecule has 5 N–H and O–H groups in total. The van der Waals surface area contributed by atoms with Crippen molar-refractivity contribution < 1.29 is 24.5 Å². The maximum Gasteiger partial charge on any atom is 0.164 e. The molecule has 0 bridgehead atoms. The van der Waals surface area contributed by atoms with E-state index in [0.29, 0.717) is 22.4 Å². The van der Waals surface area contributed by atoms with Crippen LogP contribution < -0.4 is 5.73 Å². The van der Waals surface area contributed by atoms with Gasteiger partial charge in [-0.2, -0.15) is 0 Å². The van der Waals surface area contributed by atoms with E-state index in [0.717, 1.165) is 0 Å². The zero-order chi connectivity index (χ0) is 16.8. The van der Waals surface area contributed by atoms with Crippen molar-refractivity contribution in [2.45, 2.75) is 24.5 Å². The highest BCUT2D eigenvalue weighted by Gasteiger charge is 2.44. The van der Waals surface area contributed by atoms with Gasteiger partial charge in [-0.25, -0.2) is 9.97 Å². The minimum absolute atomic E-state index is 0.261. The third-order valence-electron chi connectivity index (χ3n) is 4.22. The molecule has 9 nitrogen and oxygen atoms in total. The van der Waals surface area contributed by atoms with Gasteiger partial charge in [0.05, 0.1) is 18.3 Å². The maximum atomic E-state index is 10.3. The lowest BCUT2D eigenvalue weighted by Gasteiger charge is -2.17. The minimum Gasteiger partial charge on any atom is -0.464 e. The summed E-state index contributed by atoms with van der Waals surface area (Å²) in [5, 5.41) is 30.1. The minimum atomic E-state index is -1.22. The molecular weight excluding hydrogens is 316 g/mol. The van der Waals surface area contributed by atoms with E-state index in [1.165, 1.54) is 12.6 Å². The van der Waals surface area contributed by atoms with Gasteiger partial charge in [0.2, 0.25) is 0 Å². The fourth-order valence-corrected chi connectivity index (χ4v) is 3.03. The molecule has 126 valence electrons. The summed E-state index contributed by atoms with van der Waals surface area (Å²) >= 11 is 0. The summed E-state index contributed by atoms with van der Waals surface area (Å²) in [6.45, 7) is -0.407. The number of ether oxygens (including phenoxy) is 1. The molecule has 1 saturated heterocycles. The molecule has 0 saturated carbocycles. The second kappa shape index (κ2) is 5.56. The van der Waals surface area contributed by atoms with Gasteiger partial charge < -0.3 is 34.8 Å². The second-order valence-electron chi connectivity index (χ2n) is 5.61. The van der Waals surface area contributed by atoms with Gasteiger partial charge in [0.25, 0.3) is 0 Å². The van der Waals surface area contributed by atoms with E-state index in [1.54, 1.807) is 22.9 Å². The fourth-order valence-electron chi connectivity index (χ4n) is 3.03. The topological polar surface area (TPSA) is 140 Å². The molecule has 0 radical (unpaired) electrons. The molecule has 0 amide bonds. The van der Waals surface area contributed by atoms with Gasteiger partial charge in [-0.1, -0.05) is 0 Å². The summed E-state index contributed by atoms with van der Waals surface area (Å²) < 4.78 is 12.6. The third kappa shape index (κ3) is 2.10. The van der Waals surface area contributed by atoms with Gasteiger partial charge in [-0.05, 0) is 12.1 Å². The maximum absolute atomic E-state index is 10.3. The van der Waals surface area contributed by atoms with Crippen molar-refractivity contribution in [3.05, 3.63) is 30.9 Å². The van der Waals surface area contributed by atoms with Crippen molar-refractivity contribution >= 4 is 16.9 Å². The highest BCUT2D eigenvalue weighted by atomic mass is 16.6. The zero-order valence-corrected chi connectivity index (χ0v) is 12.5. The normalized spacial score (nSPS) is 27.1. The average Bonchev–Trinajstić information content (AvgIpc) is 3.28. The van der Waals surface area contributed by atoms with Crippen LogP contribution >= 0.6 is 0 Å². The number of aliphatic hydroxyl groups is 3. The zero-order valence-electron chi connectivity index (χ0n) is 12.5. The molecule has 1 aliphatic rings. The number of hydrogen-bond acceptors (Lipinski definition) is 8. The van der Waals surface area contributed by atoms with Crippen LogP contribution in [-0.2, 0) is 4.74 Å². The van der Waals surface area contributed by atoms with Crippen LogP contribution in [-0.4, -0.2) is 54.8 Å². The Morgan fingerprint density at radius 1 is 1.25 bits per heavy atom. The molecule has 4 heterocycles. The summed E-state index contributed by atoms with van der Waals surface area (Å²) in [6, 6.07) is 3.51. The van der Waals surface area contributed by atoms with Crippen molar-refractivity contribution in [1.29, 1.82) is 0 Å². The summed E-state index contributed by atoms with van der Waals surface area (Å²) in [5.41, 5.74) is 7.07. The second-order valence-corrected chi connectivity index (χ2v) is 5.61. The number of furan rings is 1. The van der Waals surface area contributed by atoms with Crippen LogP contribution in [0.15, 0.2) is 35.3 Å². The lowest BCUT2D eigenvalue weighted by Crippen LogP contribution is -2.33. The van der Waals surface area contributed by atoms with E-state index in [4.69, 9.17) is 14.9 Å². The molecule has 24 heavy (non-hydrogen) atoms. The summed E-state index contributed by atoms with van der Waals surface area (Å²) in [7, 11) is 0. The quantitative estimate of drug-likeness (QED) is 0.520. The first kappa shape index (κ1) is 15.1. The number of aromatic nitrogens is 3. The van der Waals surface area contributed by atoms with Crippen molar-refractivity contribution in [2.24, 2.45) is 0 Å². The number of aliphatic hydroxyl groups excluding tert-OH is 3. The van der Waals surface area contributed by atoms with Crippen LogP contribution in [0.25, 0.3) is 22.4 Å². The van der Waals surface area contributed by atoms with Crippen LogP contribution in [0, 0.1) is 0 Å². The lowest BCUT2D eigenvalue weighted by molar-refractivity contribution is -0.0508.